The Labute approximate surface area is 172 Å². The maximum Gasteiger partial charge on any atom is 0.407 e. The summed E-state index contributed by atoms with van der Waals surface area (Å²) in [6, 6.07) is 19.5. The predicted molar refractivity (Wildman–Crippen MR) is 111 cm³/mol. The number of benzene rings is 2. The maximum absolute atomic E-state index is 12.1. The van der Waals surface area contributed by atoms with Crippen molar-refractivity contribution in [3.63, 3.8) is 0 Å². The number of alkyl carbamates (subject to hydrolysis) is 1. The van der Waals surface area contributed by atoms with Gasteiger partial charge < -0.3 is 15.2 Å². The minimum absolute atomic E-state index is 0.0137. The minimum atomic E-state index is -0.972. The van der Waals surface area contributed by atoms with Gasteiger partial charge in [0, 0.05) is 5.92 Å². The zero-order valence-electron chi connectivity index (χ0n) is 15.3. The number of carbonyl (C=O) groups is 2. The van der Waals surface area contributed by atoms with Crippen LogP contribution >= 0.6 is 11.3 Å². The number of amides is 1. The molecule has 0 spiro atoms. The first-order valence-electron chi connectivity index (χ1n) is 9.04. The van der Waals surface area contributed by atoms with E-state index < -0.39 is 12.1 Å². The molecule has 0 unspecified atom stereocenters. The van der Waals surface area contributed by atoms with Gasteiger partial charge in [-0.2, -0.15) is 0 Å². The van der Waals surface area contributed by atoms with Crippen LogP contribution in [0.25, 0.3) is 11.1 Å². The lowest BCUT2D eigenvalue weighted by atomic mass is 9.98. The molecule has 29 heavy (non-hydrogen) atoms. The van der Waals surface area contributed by atoms with E-state index in [0.717, 1.165) is 22.5 Å². The van der Waals surface area contributed by atoms with E-state index >= 15 is 0 Å². The molecule has 6 heteroatoms. The second-order valence-electron chi connectivity index (χ2n) is 6.45. The first-order chi connectivity index (χ1) is 14.1. The van der Waals surface area contributed by atoms with Crippen molar-refractivity contribution in [2.75, 3.05) is 13.2 Å². The molecule has 3 aromatic rings. The van der Waals surface area contributed by atoms with Gasteiger partial charge in [0.2, 0.25) is 0 Å². The second kappa shape index (κ2) is 8.21. The summed E-state index contributed by atoms with van der Waals surface area (Å²) in [5.41, 5.74) is 4.68. The zero-order chi connectivity index (χ0) is 20.2. The highest BCUT2D eigenvalue weighted by Gasteiger charge is 2.28. The van der Waals surface area contributed by atoms with Crippen molar-refractivity contribution in [3.05, 3.63) is 81.5 Å². The molecule has 5 nitrogen and oxygen atoms in total. The van der Waals surface area contributed by atoms with Crippen molar-refractivity contribution in [2.24, 2.45) is 0 Å². The number of rotatable bonds is 4. The van der Waals surface area contributed by atoms with Crippen molar-refractivity contribution in [2.45, 2.75) is 5.92 Å². The van der Waals surface area contributed by atoms with Gasteiger partial charge in [0.1, 0.15) is 11.5 Å². The molecule has 2 aromatic carbocycles. The highest BCUT2D eigenvalue weighted by molar-refractivity contribution is 7.14. The van der Waals surface area contributed by atoms with Crippen LogP contribution in [0, 0.1) is 11.8 Å². The summed E-state index contributed by atoms with van der Waals surface area (Å²) >= 11 is 1.10. The molecule has 1 aromatic heterocycles. The van der Waals surface area contributed by atoms with Crippen LogP contribution < -0.4 is 5.32 Å². The lowest BCUT2D eigenvalue weighted by molar-refractivity contribution is 0.0702. The van der Waals surface area contributed by atoms with Crippen LogP contribution in [-0.2, 0) is 4.74 Å². The van der Waals surface area contributed by atoms with E-state index in [2.05, 4.69) is 41.4 Å². The van der Waals surface area contributed by atoms with Crippen molar-refractivity contribution < 1.29 is 19.4 Å². The van der Waals surface area contributed by atoms with Crippen LogP contribution in [0.5, 0.6) is 0 Å². The standard InChI is InChI=1S/C23H17NO4S/c25-22(26)21-12-11-15(29-21)6-5-13-24-23(27)28-14-20-18-9-3-1-7-16(18)17-8-2-4-10-19(17)20/h1-4,7-12,20H,13-14H2,(H,24,27)(H,25,26). The van der Waals surface area contributed by atoms with E-state index in [-0.39, 0.29) is 23.9 Å². The third kappa shape index (κ3) is 4.00. The molecule has 0 saturated heterocycles. The molecule has 1 aliphatic carbocycles. The number of aromatic carboxylic acids is 1. The number of thiophene rings is 1. The Kier molecular flexibility index (Phi) is 5.32. The van der Waals surface area contributed by atoms with Gasteiger partial charge in [-0.15, -0.1) is 11.3 Å². The van der Waals surface area contributed by atoms with Crippen LogP contribution in [0.4, 0.5) is 4.79 Å². The van der Waals surface area contributed by atoms with Crippen molar-refractivity contribution >= 4 is 23.4 Å². The number of carbonyl (C=O) groups excluding carboxylic acids is 1. The lowest BCUT2D eigenvalue weighted by Crippen LogP contribution is -2.26. The third-order valence-corrected chi connectivity index (χ3v) is 5.68. The summed E-state index contributed by atoms with van der Waals surface area (Å²) in [5.74, 6) is 4.67. The Morgan fingerprint density at radius 2 is 1.66 bits per heavy atom. The number of ether oxygens (including phenoxy) is 1. The molecule has 0 atom stereocenters. The average molecular weight is 403 g/mol. The molecule has 0 aliphatic heterocycles. The largest absolute Gasteiger partial charge is 0.477 e. The Balaban J connectivity index is 1.33. The Hall–Kier alpha value is -3.56. The fourth-order valence-corrected chi connectivity index (χ4v) is 4.14. The maximum atomic E-state index is 12.1. The monoisotopic (exact) mass is 403 g/mol. The molecule has 144 valence electrons. The van der Waals surface area contributed by atoms with E-state index in [1.165, 1.54) is 17.2 Å². The quantitative estimate of drug-likeness (QED) is 0.636. The van der Waals surface area contributed by atoms with Gasteiger partial charge in [-0.25, -0.2) is 9.59 Å². The molecule has 0 bridgehead atoms. The summed E-state index contributed by atoms with van der Waals surface area (Å²) < 4.78 is 5.43. The summed E-state index contributed by atoms with van der Waals surface area (Å²) in [6.45, 7) is 0.372. The van der Waals surface area contributed by atoms with Crippen molar-refractivity contribution in [3.8, 4) is 23.0 Å². The number of carboxylic acids is 1. The lowest BCUT2D eigenvalue weighted by Gasteiger charge is -2.14. The predicted octanol–water partition coefficient (Wildman–Crippen LogP) is 4.34. The number of nitrogens with one attached hydrogen (secondary N) is 1. The highest BCUT2D eigenvalue weighted by atomic mass is 32.1. The molecule has 1 aliphatic rings. The number of carboxylic acid groups (broad SMARTS) is 1. The Morgan fingerprint density at radius 3 is 2.28 bits per heavy atom. The van der Waals surface area contributed by atoms with E-state index in [4.69, 9.17) is 9.84 Å². The number of hydrogen-bond acceptors (Lipinski definition) is 4. The molecule has 2 N–H and O–H groups in total. The summed E-state index contributed by atoms with van der Waals surface area (Å²) in [6.07, 6.45) is -0.529. The average Bonchev–Trinajstić information content (AvgIpc) is 3.33. The SMILES string of the molecule is O=C(NCC#Cc1ccc(C(=O)O)s1)OCC1c2ccccc2-c2ccccc21. The molecule has 4 rings (SSSR count). The zero-order valence-corrected chi connectivity index (χ0v) is 16.2. The number of fused-ring (bicyclic) bond motifs is 3. The Morgan fingerprint density at radius 1 is 1.00 bits per heavy atom. The molecule has 0 fully saturated rings. The highest BCUT2D eigenvalue weighted by Crippen LogP contribution is 2.44. The summed E-state index contributed by atoms with van der Waals surface area (Å²) in [7, 11) is 0. The van der Waals surface area contributed by atoms with Gasteiger partial charge in [0.15, 0.2) is 0 Å². The molecule has 1 heterocycles. The number of hydrogen-bond donors (Lipinski definition) is 2. The van der Waals surface area contributed by atoms with Crippen LogP contribution in [0.2, 0.25) is 0 Å². The summed E-state index contributed by atoms with van der Waals surface area (Å²) in [5, 5.41) is 11.5. The molecular formula is C23H17NO4S. The van der Waals surface area contributed by atoms with Crippen LogP contribution in [-0.4, -0.2) is 30.3 Å². The fraction of sp³-hybridized carbons (Fsp3) is 0.130. The van der Waals surface area contributed by atoms with E-state index in [1.54, 1.807) is 6.07 Å². The smallest absolute Gasteiger partial charge is 0.407 e. The normalized spacial score (nSPS) is 11.7. The van der Waals surface area contributed by atoms with Gasteiger partial charge in [-0.05, 0) is 34.4 Å². The fourth-order valence-electron chi connectivity index (χ4n) is 3.42. The van der Waals surface area contributed by atoms with Crippen molar-refractivity contribution in [1.29, 1.82) is 0 Å². The topological polar surface area (TPSA) is 75.6 Å². The van der Waals surface area contributed by atoms with Gasteiger partial charge in [0.25, 0.3) is 0 Å². The molecule has 1 amide bonds. The Bertz CT molecular complexity index is 1090. The molecular weight excluding hydrogens is 386 g/mol. The summed E-state index contributed by atoms with van der Waals surface area (Å²) in [4.78, 5) is 23.8. The van der Waals surface area contributed by atoms with Gasteiger partial charge in [-0.3, -0.25) is 0 Å². The van der Waals surface area contributed by atoms with Crippen LogP contribution in [0.3, 0.4) is 0 Å². The van der Waals surface area contributed by atoms with Crippen molar-refractivity contribution in [1.82, 2.24) is 5.32 Å². The van der Waals surface area contributed by atoms with E-state index in [0.29, 0.717) is 4.88 Å². The van der Waals surface area contributed by atoms with Crippen LogP contribution in [0.1, 0.15) is 31.6 Å². The first-order valence-corrected chi connectivity index (χ1v) is 9.86. The van der Waals surface area contributed by atoms with Gasteiger partial charge >= 0.3 is 12.1 Å². The van der Waals surface area contributed by atoms with Gasteiger partial charge in [-0.1, -0.05) is 60.4 Å². The second-order valence-corrected chi connectivity index (χ2v) is 7.53. The van der Waals surface area contributed by atoms with E-state index in [9.17, 15) is 9.59 Å². The van der Waals surface area contributed by atoms with Gasteiger partial charge in [0.05, 0.1) is 11.4 Å². The first kappa shape index (κ1) is 18.8. The third-order valence-electron chi connectivity index (χ3n) is 4.69. The van der Waals surface area contributed by atoms with E-state index in [1.807, 2.05) is 24.3 Å². The molecule has 0 saturated carbocycles. The minimum Gasteiger partial charge on any atom is -0.477 e. The van der Waals surface area contributed by atoms with Crippen LogP contribution in [0.15, 0.2) is 60.7 Å². The molecule has 0 radical (unpaired) electrons.